The summed E-state index contributed by atoms with van der Waals surface area (Å²) >= 11 is 3.30. The second-order valence-electron chi connectivity index (χ2n) is 3.81. The second kappa shape index (κ2) is 5.66. The maximum absolute atomic E-state index is 11.4. The monoisotopic (exact) mass is 291 g/mol. The third-order valence-electron chi connectivity index (χ3n) is 1.79. The molecule has 1 aromatic rings. The van der Waals surface area contributed by atoms with Crippen LogP contribution in [0.25, 0.3) is 0 Å². The normalized spacial score (nSPS) is 11.4. The highest BCUT2D eigenvalue weighted by molar-refractivity contribution is 9.10. The lowest BCUT2D eigenvalue weighted by atomic mass is 10.5. The van der Waals surface area contributed by atoms with Gasteiger partial charge in [0.15, 0.2) is 0 Å². The molecule has 0 aliphatic rings. The van der Waals surface area contributed by atoms with Gasteiger partial charge in [-0.1, -0.05) is 0 Å². The molecule has 1 aromatic heterocycles. The van der Waals surface area contributed by atoms with E-state index in [0.717, 1.165) is 17.1 Å². The quantitative estimate of drug-likeness (QED) is 0.618. The molecular weight excluding hydrogens is 277 g/mol. The lowest BCUT2D eigenvalue weighted by Gasteiger charge is -2.07. The Balaban J connectivity index is 2.26. The zero-order valence-electron chi connectivity index (χ0n) is 8.94. The minimum atomic E-state index is -1.90. The van der Waals surface area contributed by atoms with Crippen molar-refractivity contribution in [1.29, 1.82) is 0 Å². The zero-order chi connectivity index (χ0) is 11.3. The Morgan fingerprint density at radius 3 is 2.73 bits per heavy atom. The lowest BCUT2D eigenvalue weighted by Crippen LogP contribution is -2.01. The Morgan fingerprint density at radius 2 is 2.20 bits per heavy atom. The number of hydrogen-bond donors (Lipinski definition) is 0. The van der Waals surface area contributed by atoms with E-state index in [0.29, 0.717) is 12.5 Å². The maximum atomic E-state index is 11.4. The predicted molar refractivity (Wildman–Crippen MR) is 66.4 cm³/mol. The standard InChI is InChI=1S/C10H15BrNO2P/c1-15(2,13)7-3-6-14-10-5-4-9(11)8-12-10/h4-5,8H,3,6-7H2,1-2H3. The summed E-state index contributed by atoms with van der Waals surface area (Å²) in [7, 11) is -1.90. The van der Waals surface area contributed by atoms with E-state index in [1.165, 1.54) is 0 Å². The van der Waals surface area contributed by atoms with Crippen LogP contribution in [0.5, 0.6) is 5.88 Å². The van der Waals surface area contributed by atoms with Crippen molar-refractivity contribution >= 4 is 23.1 Å². The molecule has 0 saturated heterocycles. The molecule has 0 spiro atoms. The van der Waals surface area contributed by atoms with E-state index in [2.05, 4.69) is 20.9 Å². The van der Waals surface area contributed by atoms with Gasteiger partial charge in [-0.25, -0.2) is 4.98 Å². The minimum absolute atomic E-state index is 0.570. The smallest absolute Gasteiger partial charge is 0.213 e. The first-order valence-corrected chi connectivity index (χ1v) is 8.34. The van der Waals surface area contributed by atoms with E-state index < -0.39 is 7.14 Å². The Kier molecular flexibility index (Phi) is 4.81. The van der Waals surface area contributed by atoms with Gasteiger partial charge in [0.05, 0.1) is 13.7 Å². The van der Waals surface area contributed by atoms with Gasteiger partial charge in [-0.2, -0.15) is 0 Å². The molecular formula is C10H15BrNO2P. The number of pyridine rings is 1. The van der Waals surface area contributed by atoms with Crippen molar-refractivity contribution < 1.29 is 9.30 Å². The first-order chi connectivity index (χ1) is 6.97. The average molecular weight is 292 g/mol. The molecule has 0 fully saturated rings. The third-order valence-corrected chi connectivity index (χ3v) is 3.65. The molecule has 0 amide bonds. The van der Waals surface area contributed by atoms with Crippen molar-refractivity contribution in [1.82, 2.24) is 4.98 Å². The summed E-state index contributed by atoms with van der Waals surface area (Å²) in [5.74, 6) is 0.611. The SMILES string of the molecule is CP(C)(=O)CCCOc1ccc(Br)cn1. The Hall–Kier alpha value is -0.340. The predicted octanol–water partition coefficient (Wildman–Crippen LogP) is 3.24. The Morgan fingerprint density at radius 1 is 1.47 bits per heavy atom. The maximum Gasteiger partial charge on any atom is 0.213 e. The van der Waals surface area contributed by atoms with Gasteiger partial charge in [-0.3, -0.25) is 0 Å². The van der Waals surface area contributed by atoms with Gasteiger partial charge in [0.1, 0.15) is 0 Å². The molecule has 0 aliphatic carbocycles. The fraction of sp³-hybridized carbons (Fsp3) is 0.500. The van der Waals surface area contributed by atoms with Crippen molar-refractivity contribution in [2.75, 3.05) is 26.1 Å². The lowest BCUT2D eigenvalue weighted by molar-refractivity contribution is 0.305. The van der Waals surface area contributed by atoms with E-state index >= 15 is 0 Å². The van der Waals surface area contributed by atoms with Crippen LogP contribution in [-0.2, 0) is 4.57 Å². The summed E-state index contributed by atoms with van der Waals surface area (Å²) in [6.45, 7) is 4.16. The number of halogens is 1. The van der Waals surface area contributed by atoms with Gasteiger partial charge >= 0.3 is 0 Å². The Bertz CT molecular complexity index is 347. The second-order valence-corrected chi connectivity index (χ2v) is 8.32. The highest BCUT2D eigenvalue weighted by Gasteiger charge is 2.06. The minimum Gasteiger partial charge on any atom is -0.478 e. The van der Waals surface area contributed by atoms with Crippen LogP contribution >= 0.6 is 23.1 Å². The fourth-order valence-corrected chi connectivity index (χ4v) is 2.19. The topological polar surface area (TPSA) is 39.2 Å². The summed E-state index contributed by atoms with van der Waals surface area (Å²) in [4.78, 5) is 4.07. The molecule has 0 radical (unpaired) electrons. The van der Waals surface area contributed by atoms with E-state index in [1.807, 2.05) is 12.1 Å². The number of ether oxygens (including phenoxy) is 1. The molecule has 0 bridgehead atoms. The third kappa shape index (κ3) is 5.95. The van der Waals surface area contributed by atoms with Crippen molar-refractivity contribution in [3.63, 3.8) is 0 Å². The molecule has 15 heavy (non-hydrogen) atoms. The van der Waals surface area contributed by atoms with Gasteiger partial charge < -0.3 is 9.30 Å². The number of rotatable bonds is 5. The van der Waals surface area contributed by atoms with Crippen LogP contribution in [-0.4, -0.2) is 31.1 Å². The summed E-state index contributed by atoms with van der Waals surface area (Å²) in [6, 6.07) is 3.69. The van der Waals surface area contributed by atoms with Gasteiger partial charge in [-0.05, 0) is 41.7 Å². The molecule has 3 nitrogen and oxygen atoms in total. The van der Waals surface area contributed by atoms with Crippen LogP contribution in [0.2, 0.25) is 0 Å². The van der Waals surface area contributed by atoms with Gasteiger partial charge in [-0.15, -0.1) is 0 Å². The van der Waals surface area contributed by atoms with Crippen LogP contribution in [0.1, 0.15) is 6.42 Å². The van der Waals surface area contributed by atoms with Crippen LogP contribution < -0.4 is 4.74 Å². The highest BCUT2D eigenvalue weighted by atomic mass is 79.9. The van der Waals surface area contributed by atoms with Crippen LogP contribution in [0.3, 0.4) is 0 Å². The van der Waals surface area contributed by atoms with Gasteiger partial charge in [0.25, 0.3) is 0 Å². The molecule has 84 valence electrons. The molecule has 1 rings (SSSR count). The average Bonchev–Trinajstić information content (AvgIpc) is 2.14. The molecule has 0 aromatic carbocycles. The molecule has 1 heterocycles. The van der Waals surface area contributed by atoms with E-state index in [9.17, 15) is 4.57 Å². The summed E-state index contributed by atoms with van der Waals surface area (Å²) in [5.41, 5.74) is 0. The van der Waals surface area contributed by atoms with Crippen molar-refractivity contribution in [2.45, 2.75) is 6.42 Å². The molecule has 0 atom stereocenters. The summed E-state index contributed by atoms with van der Waals surface area (Å²) in [5, 5.41) is 0. The summed E-state index contributed by atoms with van der Waals surface area (Å²) in [6.07, 6.45) is 3.23. The molecule has 0 saturated carbocycles. The number of nitrogens with zero attached hydrogens (tertiary/aromatic N) is 1. The van der Waals surface area contributed by atoms with E-state index in [-0.39, 0.29) is 0 Å². The van der Waals surface area contributed by atoms with E-state index in [4.69, 9.17) is 4.74 Å². The molecule has 0 N–H and O–H groups in total. The fourth-order valence-electron chi connectivity index (χ4n) is 1.07. The van der Waals surface area contributed by atoms with Crippen molar-refractivity contribution in [3.05, 3.63) is 22.8 Å². The zero-order valence-corrected chi connectivity index (χ0v) is 11.4. The highest BCUT2D eigenvalue weighted by Crippen LogP contribution is 2.36. The molecule has 5 heteroatoms. The first kappa shape index (κ1) is 12.7. The number of aromatic nitrogens is 1. The van der Waals surface area contributed by atoms with Crippen LogP contribution in [0.4, 0.5) is 0 Å². The van der Waals surface area contributed by atoms with Gasteiger partial charge in [0, 0.05) is 22.9 Å². The number of hydrogen-bond acceptors (Lipinski definition) is 3. The van der Waals surface area contributed by atoms with Crippen LogP contribution in [0.15, 0.2) is 22.8 Å². The molecule has 0 aliphatic heterocycles. The first-order valence-electron chi connectivity index (χ1n) is 4.76. The van der Waals surface area contributed by atoms with Crippen molar-refractivity contribution in [2.24, 2.45) is 0 Å². The van der Waals surface area contributed by atoms with Gasteiger partial charge in [0.2, 0.25) is 5.88 Å². The van der Waals surface area contributed by atoms with Crippen molar-refractivity contribution in [3.8, 4) is 5.88 Å². The van der Waals surface area contributed by atoms with Crippen LogP contribution in [0, 0.1) is 0 Å². The largest absolute Gasteiger partial charge is 0.478 e. The Labute approximate surface area is 98.7 Å². The molecule has 0 unspecified atom stereocenters. The van der Waals surface area contributed by atoms with E-state index in [1.54, 1.807) is 19.5 Å². The summed E-state index contributed by atoms with van der Waals surface area (Å²) < 4.78 is 17.7.